The molecule has 1 saturated carbocycles. The van der Waals surface area contributed by atoms with E-state index in [2.05, 4.69) is 0 Å². The quantitative estimate of drug-likeness (QED) is 0.844. The van der Waals surface area contributed by atoms with Gasteiger partial charge in [0.2, 0.25) is 0 Å². The van der Waals surface area contributed by atoms with Crippen LogP contribution in [0.5, 0.6) is 0 Å². The number of amides is 1. The van der Waals surface area contributed by atoms with Crippen LogP contribution in [0.1, 0.15) is 79.6 Å². The molecule has 1 aliphatic carbocycles. The summed E-state index contributed by atoms with van der Waals surface area (Å²) in [5.41, 5.74) is 5.64. The Balaban J connectivity index is 0.00000242. The molecule has 2 N–H and O–H groups in total. The summed E-state index contributed by atoms with van der Waals surface area (Å²) < 4.78 is 5.52. The first kappa shape index (κ1) is 19.3. The molecule has 2 rings (SSSR count). The summed E-state index contributed by atoms with van der Waals surface area (Å²) in [5, 5.41) is 0. The van der Waals surface area contributed by atoms with Crippen molar-refractivity contribution in [3.8, 4) is 0 Å². The molecule has 22 heavy (non-hydrogen) atoms. The highest BCUT2D eigenvalue weighted by atomic mass is 16.6. The summed E-state index contributed by atoms with van der Waals surface area (Å²) in [6.07, 6.45) is 9.94. The highest BCUT2D eigenvalue weighted by Gasteiger charge is 2.36. The smallest absolute Gasteiger partial charge is 0.410 e. The standard InChI is InChI=1S/C17H32N2O2.CH4/c1-17(2,3)21-16(20)19-12-14(18)11-15(19)10-9-13-7-5-4-6-8-13;/h13-15H,4-12,18H2,1-3H3;1H4. The number of nitrogens with zero attached hydrogens (tertiary/aromatic N) is 1. The van der Waals surface area contributed by atoms with Crippen molar-refractivity contribution in [3.05, 3.63) is 0 Å². The van der Waals surface area contributed by atoms with E-state index in [0.717, 1.165) is 18.8 Å². The maximum Gasteiger partial charge on any atom is 0.410 e. The molecule has 2 aliphatic rings. The van der Waals surface area contributed by atoms with Crippen molar-refractivity contribution >= 4 is 6.09 Å². The van der Waals surface area contributed by atoms with Crippen LogP contribution in [0.2, 0.25) is 0 Å². The van der Waals surface area contributed by atoms with Crippen LogP contribution in [-0.4, -0.2) is 35.2 Å². The fourth-order valence-electron chi connectivity index (χ4n) is 3.67. The summed E-state index contributed by atoms with van der Waals surface area (Å²) in [7, 11) is 0. The van der Waals surface area contributed by atoms with Crippen LogP contribution in [0.3, 0.4) is 0 Å². The van der Waals surface area contributed by atoms with Gasteiger partial charge in [-0.25, -0.2) is 4.79 Å². The summed E-state index contributed by atoms with van der Waals surface area (Å²) in [4.78, 5) is 14.2. The van der Waals surface area contributed by atoms with E-state index < -0.39 is 5.60 Å². The Kier molecular flexibility index (Phi) is 7.17. The van der Waals surface area contributed by atoms with Crippen LogP contribution in [0.15, 0.2) is 0 Å². The molecule has 4 nitrogen and oxygen atoms in total. The number of rotatable bonds is 3. The molecule has 2 unspecified atom stereocenters. The van der Waals surface area contributed by atoms with Crippen LogP contribution in [-0.2, 0) is 4.74 Å². The molecule has 4 heteroatoms. The molecule has 0 aromatic carbocycles. The summed E-state index contributed by atoms with van der Waals surface area (Å²) >= 11 is 0. The van der Waals surface area contributed by atoms with Gasteiger partial charge in [0.1, 0.15) is 5.60 Å². The van der Waals surface area contributed by atoms with E-state index >= 15 is 0 Å². The Bertz CT molecular complexity index is 345. The molecule has 2 fully saturated rings. The van der Waals surface area contributed by atoms with E-state index in [4.69, 9.17) is 10.5 Å². The van der Waals surface area contributed by atoms with Crippen molar-refractivity contribution < 1.29 is 9.53 Å². The number of carbonyl (C=O) groups is 1. The topological polar surface area (TPSA) is 55.6 Å². The number of carbonyl (C=O) groups excluding carboxylic acids is 1. The molecule has 1 aliphatic heterocycles. The summed E-state index contributed by atoms with van der Waals surface area (Å²) in [6.45, 7) is 6.39. The molecule has 0 aromatic rings. The second-order valence-electron chi connectivity index (χ2n) is 7.86. The van der Waals surface area contributed by atoms with Gasteiger partial charge < -0.3 is 15.4 Å². The molecular formula is C18H36N2O2. The number of nitrogens with two attached hydrogens (primary N) is 1. The lowest BCUT2D eigenvalue weighted by Gasteiger charge is -2.30. The maximum atomic E-state index is 12.3. The fourth-order valence-corrected chi connectivity index (χ4v) is 3.67. The van der Waals surface area contributed by atoms with Gasteiger partial charge in [-0.2, -0.15) is 0 Å². The van der Waals surface area contributed by atoms with Gasteiger partial charge in [0, 0.05) is 18.6 Å². The molecule has 1 amide bonds. The van der Waals surface area contributed by atoms with Gasteiger partial charge in [0.05, 0.1) is 0 Å². The van der Waals surface area contributed by atoms with Crippen molar-refractivity contribution in [2.75, 3.05) is 6.54 Å². The average molecular weight is 312 g/mol. The summed E-state index contributed by atoms with van der Waals surface area (Å²) in [5.74, 6) is 0.857. The van der Waals surface area contributed by atoms with Gasteiger partial charge >= 0.3 is 6.09 Å². The monoisotopic (exact) mass is 312 g/mol. The van der Waals surface area contributed by atoms with E-state index in [1.165, 1.54) is 38.5 Å². The van der Waals surface area contributed by atoms with E-state index in [0.29, 0.717) is 6.54 Å². The van der Waals surface area contributed by atoms with Gasteiger partial charge in [-0.3, -0.25) is 0 Å². The minimum absolute atomic E-state index is 0. The van der Waals surface area contributed by atoms with Gasteiger partial charge in [0.15, 0.2) is 0 Å². The Labute approximate surface area is 136 Å². The second-order valence-corrected chi connectivity index (χ2v) is 7.86. The molecule has 0 aromatic heterocycles. The zero-order chi connectivity index (χ0) is 15.5. The fraction of sp³-hybridized carbons (Fsp3) is 0.944. The first-order chi connectivity index (χ1) is 9.85. The van der Waals surface area contributed by atoms with Crippen LogP contribution in [0.4, 0.5) is 4.79 Å². The third-order valence-corrected chi connectivity index (χ3v) is 4.71. The molecular weight excluding hydrogens is 276 g/mol. The van der Waals surface area contributed by atoms with E-state index in [9.17, 15) is 4.79 Å². The van der Waals surface area contributed by atoms with Crippen LogP contribution in [0, 0.1) is 5.92 Å². The van der Waals surface area contributed by atoms with Crippen molar-refractivity contribution in [1.82, 2.24) is 4.90 Å². The number of hydrogen-bond acceptors (Lipinski definition) is 3. The molecule has 0 radical (unpaired) electrons. The predicted molar refractivity (Wildman–Crippen MR) is 91.9 cm³/mol. The highest BCUT2D eigenvalue weighted by molar-refractivity contribution is 5.69. The van der Waals surface area contributed by atoms with Gasteiger partial charge in [-0.1, -0.05) is 39.5 Å². The number of likely N-dealkylation sites (tertiary alicyclic amines) is 1. The highest BCUT2D eigenvalue weighted by Crippen LogP contribution is 2.31. The summed E-state index contributed by atoms with van der Waals surface area (Å²) in [6, 6.07) is 0.380. The maximum absolute atomic E-state index is 12.3. The van der Waals surface area contributed by atoms with Crippen molar-refractivity contribution in [2.45, 2.75) is 97.2 Å². The van der Waals surface area contributed by atoms with Gasteiger partial charge in [-0.05, 0) is 46.0 Å². The number of ether oxygens (including phenoxy) is 1. The van der Waals surface area contributed by atoms with Crippen LogP contribution < -0.4 is 5.73 Å². The van der Waals surface area contributed by atoms with Crippen LogP contribution >= 0.6 is 0 Å². The first-order valence-electron chi connectivity index (χ1n) is 8.60. The first-order valence-corrected chi connectivity index (χ1v) is 8.60. The van der Waals surface area contributed by atoms with Crippen molar-refractivity contribution in [1.29, 1.82) is 0 Å². The molecule has 1 heterocycles. The Morgan fingerprint density at radius 1 is 1.18 bits per heavy atom. The molecule has 130 valence electrons. The Hall–Kier alpha value is -0.770. The van der Waals surface area contributed by atoms with Gasteiger partial charge in [-0.15, -0.1) is 0 Å². The van der Waals surface area contributed by atoms with Crippen LogP contribution in [0.25, 0.3) is 0 Å². The van der Waals surface area contributed by atoms with E-state index in [1.54, 1.807) is 0 Å². The van der Waals surface area contributed by atoms with Crippen molar-refractivity contribution in [2.24, 2.45) is 11.7 Å². The predicted octanol–water partition coefficient (Wildman–Crippen LogP) is 4.32. The average Bonchev–Trinajstić information content (AvgIpc) is 2.77. The Morgan fingerprint density at radius 3 is 2.41 bits per heavy atom. The minimum atomic E-state index is -0.433. The third-order valence-electron chi connectivity index (χ3n) is 4.71. The molecule has 0 bridgehead atoms. The van der Waals surface area contributed by atoms with E-state index in [-0.39, 0.29) is 25.6 Å². The SMILES string of the molecule is C.CC(C)(C)OC(=O)N1CC(N)CC1CCC1CCCCC1. The largest absolute Gasteiger partial charge is 0.444 e. The lowest BCUT2D eigenvalue weighted by atomic mass is 9.85. The zero-order valence-electron chi connectivity index (χ0n) is 13.9. The lowest BCUT2D eigenvalue weighted by molar-refractivity contribution is 0.0213. The van der Waals surface area contributed by atoms with E-state index in [1.807, 2.05) is 25.7 Å². The molecule has 2 atom stereocenters. The molecule has 0 spiro atoms. The second kappa shape index (κ2) is 8.19. The zero-order valence-corrected chi connectivity index (χ0v) is 13.9. The lowest BCUT2D eigenvalue weighted by Crippen LogP contribution is -2.40. The third kappa shape index (κ3) is 5.79. The normalized spacial score (nSPS) is 26.6. The Morgan fingerprint density at radius 2 is 1.82 bits per heavy atom. The molecule has 1 saturated heterocycles. The minimum Gasteiger partial charge on any atom is -0.444 e. The van der Waals surface area contributed by atoms with Gasteiger partial charge in [0.25, 0.3) is 0 Å². The number of hydrogen-bond donors (Lipinski definition) is 1. The van der Waals surface area contributed by atoms with Crippen molar-refractivity contribution in [3.63, 3.8) is 0 Å².